The number of para-hydroxylation sites is 1. The maximum Gasteiger partial charge on any atom is 0.204 e. The molecule has 0 amide bonds. The van der Waals surface area contributed by atoms with Crippen LogP contribution in [0.4, 0.5) is 9.52 Å². The Morgan fingerprint density at radius 3 is 2.79 bits per heavy atom. The third kappa shape index (κ3) is 4.37. The smallest absolute Gasteiger partial charge is 0.204 e. The van der Waals surface area contributed by atoms with E-state index in [1.165, 1.54) is 17.4 Å². The lowest BCUT2D eigenvalue weighted by Crippen LogP contribution is -2.01. The minimum Gasteiger partial charge on any atom is -0.488 e. The van der Waals surface area contributed by atoms with Gasteiger partial charge in [0.05, 0.1) is 16.4 Å². The van der Waals surface area contributed by atoms with E-state index in [1.54, 1.807) is 24.4 Å². The molecule has 0 aliphatic heterocycles. The van der Waals surface area contributed by atoms with Crippen LogP contribution < -0.4 is 10.2 Å². The van der Waals surface area contributed by atoms with Crippen LogP contribution in [0.15, 0.2) is 76.3 Å². The van der Waals surface area contributed by atoms with Gasteiger partial charge in [-0.25, -0.2) is 9.37 Å². The lowest BCUT2D eigenvalue weighted by molar-refractivity contribution is 0.299. The third-order valence-corrected chi connectivity index (χ3v) is 5.40. The molecule has 0 bridgehead atoms. The average Bonchev–Trinajstić information content (AvgIpc) is 3.11. The molecule has 1 N–H and O–H groups in total. The fourth-order valence-corrected chi connectivity index (χ4v) is 3.79. The first-order chi connectivity index (χ1) is 13.7. The number of fused-ring (bicyclic) bond motifs is 1. The van der Waals surface area contributed by atoms with Gasteiger partial charge in [-0.1, -0.05) is 57.6 Å². The molecule has 1 aromatic heterocycles. The number of hydrogen-bond donors (Lipinski definition) is 1. The molecule has 0 radical (unpaired) electrons. The van der Waals surface area contributed by atoms with E-state index >= 15 is 0 Å². The first kappa shape index (κ1) is 18.6. The molecule has 28 heavy (non-hydrogen) atoms. The number of nitrogens with one attached hydrogen (secondary N) is 1. The van der Waals surface area contributed by atoms with Crippen LogP contribution in [0, 0.1) is 5.82 Å². The van der Waals surface area contributed by atoms with Gasteiger partial charge in [0.1, 0.15) is 18.2 Å². The first-order valence-electron chi connectivity index (χ1n) is 8.49. The van der Waals surface area contributed by atoms with Gasteiger partial charge >= 0.3 is 0 Å². The Morgan fingerprint density at radius 1 is 1.11 bits per heavy atom. The summed E-state index contributed by atoms with van der Waals surface area (Å²) in [4.78, 5) is 4.48. The molecular weight excluding hydrogens is 441 g/mol. The summed E-state index contributed by atoms with van der Waals surface area (Å²) in [6.45, 7) is 0.139. The van der Waals surface area contributed by atoms with Gasteiger partial charge in [-0.3, -0.25) is 5.43 Å². The van der Waals surface area contributed by atoms with E-state index in [0.29, 0.717) is 16.4 Å². The molecule has 0 fully saturated rings. The van der Waals surface area contributed by atoms with Crippen molar-refractivity contribution < 1.29 is 9.13 Å². The van der Waals surface area contributed by atoms with Crippen molar-refractivity contribution in [3.05, 3.63) is 88.1 Å². The van der Waals surface area contributed by atoms with Crippen molar-refractivity contribution in [3.8, 4) is 5.75 Å². The summed E-state index contributed by atoms with van der Waals surface area (Å²) in [7, 11) is 0. The number of aromatic nitrogens is 1. The topological polar surface area (TPSA) is 46.5 Å². The van der Waals surface area contributed by atoms with E-state index in [1.807, 2.05) is 42.5 Å². The normalized spacial score (nSPS) is 11.2. The van der Waals surface area contributed by atoms with Gasteiger partial charge in [0.25, 0.3) is 0 Å². The van der Waals surface area contributed by atoms with Crippen molar-refractivity contribution in [2.45, 2.75) is 6.61 Å². The van der Waals surface area contributed by atoms with E-state index in [4.69, 9.17) is 4.74 Å². The number of anilines is 1. The molecule has 0 saturated carbocycles. The third-order valence-electron chi connectivity index (χ3n) is 3.97. The van der Waals surface area contributed by atoms with Crippen LogP contribution in [0.2, 0.25) is 0 Å². The number of halogens is 2. The highest BCUT2D eigenvalue weighted by Crippen LogP contribution is 2.26. The number of rotatable bonds is 6. The van der Waals surface area contributed by atoms with Crippen LogP contribution in [-0.2, 0) is 6.61 Å². The first-order valence-corrected chi connectivity index (χ1v) is 10.1. The number of benzene rings is 3. The molecular formula is C21H15BrFN3OS. The van der Waals surface area contributed by atoms with Crippen molar-refractivity contribution in [1.82, 2.24) is 4.98 Å². The highest BCUT2D eigenvalue weighted by Gasteiger charge is 2.07. The summed E-state index contributed by atoms with van der Waals surface area (Å²) in [6, 6.07) is 20.1. The highest BCUT2D eigenvalue weighted by molar-refractivity contribution is 9.10. The maximum atomic E-state index is 13.8. The van der Waals surface area contributed by atoms with Gasteiger partial charge in [0, 0.05) is 15.6 Å². The maximum absolute atomic E-state index is 13.8. The highest BCUT2D eigenvalue weighted by atomic mass is 79.9. The molecule has 1 heterocycles. The zero-order chi connectivity index (χ0) is 19.3. The van der Waals surface area contributed by atoms with Gasteiger partial charge in [0.15, 0.2) is 0 Å². The molecule has 4 rings (SSSR count). The van der Waals surface area contributed by atoms with Crippen LogP contribution in [-0.4, -0.2) is 11.2 Å². The van der Waals surface area contributed by atoms with Crippen LogP contribution in [0.5, 0.6) is 5.75 Å². The number of hydrogen-bond acceptors (Lipinski definition) is 5. The molecule has 140 valence electrons. The summed E-state index contributed by atoms with van der Waals surface area (Å²) < 4.78 is 21.6. The van der Waals surface area contributed by atoms with Crippen molar-refractivity contribution in [3.63, 3.8) is 0 Å². The Bertz CT molecular complexity index is 1110. The zero-order valence-electron chi connectivity index (χ0n) is 14.6. The quantitative estimate of drug-likeness (QED) is 0.277. The molecule has 0 saturated heterocycles. The second kappa shape index (κ2) is 8.50. The second-order valence-corrected chi connectivity index (χ2v) is 7.87. The molecule has 0 aliphatic rings. The molecule has 7 heteroatoms. The van der Waals surface area contributed by atoms with E-state index < -0.39 is 0 Å². The van der Waals surface area contributed by atoms with Gasteiger partial charge < -0.3 is 4.74 Å². The molecule has 4 aromatic rings. The van der Waals surface area contributed by atoms with Crippen LogP contribution in [0.3, 0.4) is 0 Å². The second-order valence-electron chi connectivity index (χ2n) is 5.92. The molecule has 0 unspecified atom stereocenters. The van der Waals surface area contributed by atoms with Gasteiger partial charge in [-0.2, -0.15) is 5.10 Å². The Balaban J connectivity index is 1.49. The Kier molecular flexibility index (Phi) is 5.64. The monoisotopic (exact) mass is 455 g/mol. The summed E-state index contributed by atoms with van der Waals surface area (Å²) in [5.41, 5.74) is 5.15. The number of thiazole rings is 1. The van der Waals surface area contributed by atoms with Gasteiger partial charge in [-0.15, -0.1) is 0 Å². The van der Waals surface area contributed by atoms with E-state index in [9.17, 15) is 4.39 Å². The standard InChI is InChI=1S/C21H15BrFN3OS/c22-16-9-10-19(27-13-14-5-1-2-6-17(14)23)15(11-16)12-24-26-21-25-18-7-3-4-8-20(18)28-21/h1-12H,13H2,(H,25,26)/b24-12+. The minimum absolute atomic E-state index is 0.139. The van der Waals surface area contributed by atoms with Gasteiger partial charge in [0.2, 0.25) is 5.13 Å². The van der Waals surface area contributed by atoms with Crippen molar-refractivity contribution in [2.24, 2.45) is 5.10 Å². The molecule has 0 atom stereocenters. The van der Waals surface area contributed by atoms with Crippen molar-refractivity contribution in [2.75, 3.05) is 5.43 Å². The Morgan fingerprint density at radius 2 is 1.93 bits per heavy atom. The lowest BCUT2D eigenvalue weighted by Gasteiger charge is -2.10. The number of ether oxygens (including phenoxy) is 1. The van der Waals surface area contributed by atoms with Crippen LogP contribution in [0.1, 0.15) is 11.1 Å². The number of nitrogens with zero attached hydrogens (tertiary/aromatic N) is 2. The van der Waals surface area contributed by atoms with Crippen molar-refractivity contribution >= 4 is 48.8 Å². The van der Waals surface area contributed by atoms with Crippen LogP contribution >= 0.6 is 27.3 Å². The SMILES string of the molecule is Fc1ccccc1COc1ccc(Br)cc1/C=N/Nc1nc2ccccc2s1. The fraction of sp³-hybridized carbons (Fsp3) is 0.0476. The summed E-state index contributed by atoms with van der Waals surface area (Å²) >= 11 is 4.99. The molecule has 3 aromatic carbocycles. The number of hydrazone groups is 1. The van der Waals surface area contributed by atoms with E-state index in [-0.39, 0.29) is 12.4 Å². The van der Waals surface area contributed by atoms with Gasteiger partial charge in [-0.05, 0) is 36.4 Å². The largest absolute Gasteiger partial charge is 0.488 e. The van der Waals surface area contributed by atoms with Crippen LogP contribution in [0.25, 0.3) is 10.2 Å². The summed E-state index contributed by atoms with van der Waals surface area (Å²) in [5, 5.41) is 4.99. The summed E-state index contributed by atoms with van der Waals surface area (Å²) in [5.74, 6) is 0.327. The Labute approximate surface area is 173 Å². The average molecular weight is 456 g/mol. The minimum atomic E-state index is -0.285. The fourth-order valence-electron chi connectivity index (χ4n) is 2.60. The predicted molar refractivity (Wildman–Crippen MR) is 116 cm³/mol. The zero-order valence-corrected chi connectivity index (χ0v) is 17.0. The van der Waals surface area contributed by atoms with E-state index in [0.717, 1.165) is 20.3 Å². The Hall–Kier alpha value is -2.77. The molecule has 0 aliphatic carbocycles. The predicted octanol–water partition coefficient (Wildman–Crippen LogP) is 6.22. The lowest BCUT2D eigenvalue weighted by atomic mass is 10.2. The summed E-state index contributed by atoms with van der Waals surface area (Å²) in [6.07, 6.45) is 1.66. The van der Waals surface area contributed by atoms with Crippen molar-refractivity contribution in [1.29, 1.82) is 0 Å². The molecule has 0 spiro atoms. The molecule has 4 nitrogen and oxygen atoms in total. The van der Waals surface area contributed by atoms with E-state index in [2.05, 4.69) is 31.4 Å².